The summed E-state index contributed by atoms with van der Waals surface area (Å²) in [5.74, 6) is 1.18. The molecule has 3 rings (SSSR count). The number of imidazole rings is 1. The Bertz CT molecular complexity index is 816. The zero-order valence-corrected chi connectivity index (χ0v) is 11.4. The normalized spacial score (nSPS) is 12.0. The molecule has 0 aliphatic carbocycles. The minimum atomic E-state index is -0.853. The molecular weight excluding hydrogens is 266 g/mol. The maximum atomic E-state index is 10.4. The van der Waals surface area contributed by atoms with Crippen molar-refractivity contribution in [2.45, 2.75) is 6.10 Å². The number of aromatic nitrogens is 2. The maximum absolute atomic E-state index is 10.4. The van der Waals surface area contributed by atoms with Gasteiger partial charge in [0.25, 0.3) is 0 Å². The van der Waals surface area contributed by atoms with Gasteiger partial charge in [0.15, 0.2) is 0 Å². The van der Waals surface area contributed by atoms with Gasteiger partial charge < -0.3 is 14.8 Å². The van der Waals surface area contributed by atoms with Crippen LogP contribution in [-0.4, -0.2) is 22.2 Å². The number of methoxy groups -OCH3 is 1. The highest BCUT2D eigenvalue weighted by Gasteiger charge is 2.15. The van der Waals surface area contributed by atoms with Crippen LogP contribution < -0.4 is 4.74 Å². The second-order valence-electron chi connectivity index (χ2n) is 4.64. The molecule has 104 valence electrons. The summed E-state index contributed by atoms with van der Waals surface area (Å²) >= 11 is 0. The average molecular weight is 279 g/mol. The molecule has 0 spiro atoms. The number of ether oxygens (including phenoxy) is 1. The lowest BCUT2D eigenvalue weighted by Crippen LogP contribution is -2.01. The summed E-state index contributed by atoms with van der Waals surface area (Å²) < 4.78 is 5.09. The highest BCUT2D eigenvalue weighted by molar-refractivity contribution is 5.76. The van der Waals surface area contributed by atoms with Gasteiger partial charge in [-0.1, -0.05) is 12.1 Å². The Labute approximate surface area is 121 Å². The Kier molecular flexibility index (Phi) is 3.30. The third kappa shape index (κ3) is 2.45. The quantitative estimate of drug-likeness (QED) is 0.771. The van der Waals surface area contributed by atoms with Gasteiger partial charge in [-0.3, -0.25) is 0 Å². The van der Waals surface area contributed by atoms with Crippen molar-refractivity contribution in [2.75, 3.05) is 7.11 Å². The minimum Gasteiger partial charge on any atom is -0.497 e. The van der Waals surface area contributed by atoms with E-state index in [2.05, 4.69) is 16.0 Å². The monoisotopic (exact) mass is 279 g/mol. The van der Waals surface area contributed by atoms with Crippen molar-refractivity contribution < 1.29 is 9.84 Å². The number of rotatable bonds is 3. The van der Waals surface area contributed by atoms with E-state index >= 15 is 0 Å². The summed E-state index contributed by atoms with van der Waals surface area (Å²) in [7, 11) is 1.59. The fraction of sp³-hybridized carbons (Fsp3) is 0.125. The number of aromatic amines is 1. The predicted molar refractivity (Wildman–Crippen MR) is 77.9 cm³/mol. The van der Waals surface area contributed by atoms with Gasteiger partial charge in [-0.15, -0.1) is 0 Å². The molecule has 1 unspecified atom stereocenters. The van der Waals surface area contributed by atoms with Crippen molar-refractivity contribution >= 4 is 11.0 Å². The van der Waals surface area contributed by atoms with E-state index in [0.29, 0.717) is 11.4 Å². The van der Waals surface area contributed by atoms with Crippen LogP contribution in [-0.2, 0) is 0 Å². The van der Waals surface area contributed by atoms with E-state index in [9.17, 15) is 5.11 Å². The van der Waals surface area contributed by atoms with Gasteiger partial charge in [0.05, 0.1) is 29.8 Å². The summed E-state index contributed by atoms with van der Waals surface area (Å²) in [4.78, 5) is 7.41. The summed E-state index contributed by atoms with van der Waals surface area (Å²) in [5, 5.41) is 19.3. The van der Waals surface area contributed by atoms with Gasteiger partial charge in [-0.25, -0.2) is 4.98 Å². The molecule has 5 nitrogen and oxygen atoms in total. The van der Waals surface area contributed by atoms with Gasteiger partial charge in [0.1, 0.15) is 17.7 Å². The third-order valence-electron chi connectivity index (χ3n) is 3.32. The van der Waals surface area contributed by atoms with E-state index in [4.69, 9.17) is 10.00 Å². The molecule has 2 N–H and O–H groups in total. The molecule has 1 heterocycles. The van der Waals surface area contributed by atoms with E-state index in [1.807, 2.05) is 0 Å². The molecule has 0 bridgehead atoms. The van der Waals surface area contributed by atoms with Crippen LogP contribution in [0, 0.1) is 11.3 Å². The van der Waals surface area contributed by atoms with Crippen LogP contribution in [0.25, 0.3) is 11.0 Å². The molecule has 0 fully saturated rings. The molecule has 0 aliphatic rings. The van der Waals surface area contributed by atoms with E-state index in [1.54, 1.807) is 49.6 Å². The van der Waals surface area contributed by atoms with Crippen LogP contribution >= 0.6 is 0 Å². The zero-order chi connectivity index (χ0) is 14.8. The summed E-state index contributed by atoms with van der Waals surface area (Å²) in [5.41, 5.74) is 2.72. The molecule has 0 aliphatic heterocycles. The number of nitrogens with zero attached hydrogens (tertiary/aromatic N) is 2. The molecule has 1 aromatic heterocycles. The van der Waals surface area contributed by atoms with Crippen molar-refractivity contribution in [3.63, 3.8) is 0 Å². The molecule has 21 heavy (non-hydrogen) atoms. The summed E-state index contributed by atoms with van der Waals surface area (Å²) in [6, 6.07) is 14.4. The number of benzene rings is 2. The molecule has 5 heteroatoms. The maximum Gasteiger partial charge on any atom is 0.140 e. The molecule has 2 aromatic carbocycles. The average Bonchev–Trinajstić information content (AvgIpc) is 2.97. The SMILES string of the molecule is COc1ccc(C(O)c2nc3ccc(C#N)cc3[nH]2)cc1. The lowest BCUT2D eigenvalue weighted by atomic mass is 10.1. The van der Waals surface area contributed by atoms with Crippen LogP contribution in [0.5, 0.6) is 5.75 Å². The lowest BCUT2D eigenvalue weighted by molar-refractivity contribution is 0.211. The highest BCUT2D eigenvalue weighted by atomic mass is 16.5. The lowest BCUT2D eigenvalue weighted by Gasteiger charge is -2.08. The number of hydrogen-bond donors (Lipinski definition) is 2. The molecule has 0 amide bonds. The van der Waals surface area contributed by atoms with E-state index < -0.39 is 6.10 Å². The molecule has 0 saturated heterocycles. The van der Waals surface area contributed by atoms with Crippen LogP contribution in [0.3, 0.4) is 0 Å². The number of nitriles is 1. The Morgan fingerprint density at radius 2 is 2.00 bits per heavy atom. The van der Waals surface area contributed by atoms with Gasteiger partial charge in [0.2, 0.25) is 0 Å². The fourth-order valence-electron chi connectivity index (χ4n) is 2.17. The largest absolute Gasteiger partial charge is 0.497 e. The van der Waals surface area contributed by atoms with Crippen molar-refractivity contribution in [1.82, 2.24) is 9.97 Å². The topological polar surface area (TPSA) is 81.9 Å². The van der Waals surface area contributed by atoms with Crippen LogP contribution in [0.1, 0.15) is 23.1 Å². The van der Waals surface area contributed by atoms with Crippen LogP contribution in [0.4, 0.5) is 0 Å². The summed E-state index contributed by atoms with van der Waals surface area (Å²) in [6.45, 7) is 0. The molecule has 3 aromatic rings. The minimum absolute atomic E-state index is 0.449. The zero-order valence-electron chi connectivity index (χ0n) is 11.4. The molecular formula is C16H13N3O2. The first-order chi connectivity index (χ1) is 10.2. The second kappa shape index (κ2) is 5.27. The smallest absolute Gasteiger partial charge is 0.140 e. The van der Waals surface area contributed by atoms with E-state index in [-0.39, 0.29) is 0 Å². The number of fused-ring (bicyclic) bond motifs is 1. The molecule has 0 radical (unpaired) electrons. The predicted octanol–water partition coefficient (Wildman–Crippen LogP) is 2.52. The first-order valence-electron chi connectivity index (χ1n) is 6.43. The number of nitrogens with one attached hydrogen (secondary N) is 1. The molecule has 0 saturated carbocycles. The van der Waals surface area contributed by atoms with E-state index in [1.165, 1.54) is 0 Å². The van der Waals surface area contributed by atoms with Crippen molar-refractivity contribution in [2.24, 2.45) is 0 Å². The second-order valence-corrected chi connectivity index (χ2v) is 4.64. The van der Waals surface area contributed by atoms with Gasteiger partial charge in [-0.2, -0.15) is 5.26 Å². The Morgan fingerprint density at radius 1 is 1.24 bits per heavy atom. The number of aliphatic hydroxyl groups is 1. The first kappa shape index (κ1) is 13.2. The van der Waals surface area contributed by atoms with Gasteiger partial charge in [-0.05, 0) is 35.9 Å². The van der Waals surface area contributed by atoms with Crippen molar-refractivity contribution in [3.8, 4) is 11.8 Å². The summed E-state index contributed by atoms with van der Waals surface area (Å²) in [6.07, 6.45) is -0.853. The Morgan fingerprint density at radius 3 is 2.67 bits per heavy atom. The highest BCUT2D eigenvalue weighted by Crippen LogP contribution is 2.24. The molecule has 1 atom stereocenters. The van der Waals surface area contributed by atoms with Crippen LogP contribution in [0.2, 0.25) is 0 Å². The first-order valence-corrected chi connectivity index (χ1v) is 6.43. The Hall–Kier alpha value is -2.84. The van der Waals surface area contributed by atoms with Gasteiger partial charge >= 0.3 is 0 Å². The number of hydrogen-bond acceptors (Lipinski definition) is 4. The number of aliphatic hydroxyl groups excluding tert-OH is 1. The third-order valence-corrected chi connectivity index (χ3v) is 3.32. The van der Waals surface area contributed by atoms with Crippen molar-refractivity contribution in [1.29, 1.82) is 5.26 Å². The van der Waals surface area contributed by atoms with Crippen LogP contribution in [0.15, 0.2) is 42.5 Å². The standard InChI is InChI=1S/C16H13N3O2/c1-21-12-5-3-11(4-6-12)15(20)16-18-13-7-2-10(9-17)8-14(13)19-16/h2-8,15,20H,1H3,(H,18,19). The van der Waals surface area contributed by atoms with E-state index in [0.717, 1.165) is 22.3 Å². The number of H-pyrrole nitrogens is 1. The van der Waals surface area contributed by atoms with Gasteiger partial charge in [0, 0.05) is 0 Å². The fourth-order valence-corrected chi connectivity index (χ4v) is 2.17. The van der Waals surface area contributed by atoms with Crippen molar-refractivity contribution in [3.05, 3.63) is 59.4 Å². The Balaban J connectivity index is 1.96.